The van der Waals surface area contributed by atoms with Crippen LogP contribution in [0.5, 0.6) is 0 Å². The first-order valence-electron chi connectivity index (χ1n) is 4.60. The molecule has 5 heteroatoms. The van der Waals surface area contributed by atoms with Gasteiger partial charge in [0.15, 0.2) is 5.58 Å². The number of aromatic nitrogens is 1. The van der Waals surface area contributed by atoms with Crippen LogP contribution in [0.1, 0.15) is 11.6 Å². The monoisotopic (exact) mass is 226 g/mol. The molecule has 0 radical (unpaired) electrons. The van der Waals surface area contributed by atoms with Gasteiger partial charge in [0.1, 0.15) is 0 Å². The summed E-state index contributed by atoms with van der Waals surface area (Å²) in [6.45, 7) is 0. The molecular formula is C10H11ClN2O2. The number of hydrogen-bond donors (Lipinski definition) is 2. The third kappa shape index (κ3) is 1.91. The van der Waals surface area contributed by atoms with Crippen LogP contribution in [-0.4, -0.2) is 17.9 Å². The van der Waals surface area contributed by atoms with Crippen LogP contribution in [0.3, 0.4) is 0 Å². The van der Waals surface area contributed by atoms with Crippen LogP contribution in [0.2, 0.25) is 0 Å². The van der Waals surface area contributed by atoms with Gasteiger partial charge in [0.2, 0.25) is 0 Å². The van der Waals surface area contributed by atoms with Crippen molar-refractivity contribution in [1.82, 2.24) is 10.3 Å². The molecule has 1 aromatic heterocycles. The molecule has 0 fully saturated rings. The van der Waals surface area contributed by atoms with E-state index in [0.717, 1.165) is 5.56 Å². The highest BCUT2D eigenvalue weighted by molar-refractivity contribution is 6.18. The molecule has 4 nitrogen and oxygen atoms in total. The molecule has 0 bridgehead atoms. The van der Waals surface area contributed by atoms with Crippen molar-refractivity contribution in [3.63, 3.8) is 0 Å². The smallest absolute Gasteiger partial charge is 0.408 e. The van der Waals surface area contributed by atoms with Crippen molar-refractivity contribution in [1.29, 1.82) is 0 Å². The molecule has 1 unspecified atom stereocenters. The van der Waals surface area contributed by atoms with Gasteiger partial charge in [-0.3, -0.25) is 4.98 Å². The summed E-state index contributed by atoms with van der Waals surface area (Å²) in [4.78, 5) is 13.6. The summed E-state index contributed by atoms with van der Waals surface area (Å²) in [6.07, 6.45) is 0. The molecule has 0 aliphatic heterocycles. The molecule has 0 aliphatic rings. The second-order valence-corrected chi connectivity index (χ2v) is 3.57. The van der Waals surface area contributed by atoms with Gasteiger partial charge in [-0.15, -0.1) is 11.6 Å². The van der Waals surface area contributed by atoms with Crippen molar-refractivity contribution >= 4 is 22.7 Å². The molecule has 0 amide bonds. The van der Waals surface area contributed by atoms with E-state index in [0.29, 0.717) is 17.0 Å². The molecule has 0 aliphatic carbocycles. The fourth-order valence-electron chi connectivity index (χ4n) is 1.52. The van der Waals surface area contributed by atoms with Crippen molar-refractivity contribution in [3.05, 3.63) is 34.3 Å². The molecule has 15 heavy (non-hydrogen) atoms. The van der Waals surface area contributed by atoms with Gasteiger partial charge in [-0.1, -0.05) is 6.07 Å². The minimum Gasteiger partial charge on any atom is -0.408 e. The molecule has 1 aromatic carbocycles. The Morgan fingerprint density at radius 1 is 1.60 bits per heavy atom. The van der Waals surface area contributed by atoms with E-state index in [4.69, 9.17) is 16.0 Å². The van der Waals surface area contributed by atoms with E-state index in [2.05, 4.69) is 10.3 Å². The highest BCUT2D eigenvalue weighted by Crippen LogP contribution is 2.18. The first-order valence-corrected chi connectivity index (χ1v) is 5.14. The van der Waals surface area contributed by atoms with Gasteiger partial charge in [0.05, 0.1) is 5.52 Å². The van der Waals surface area contributed by atoms with E-state index in [1.807, 2.05) is 19.2 Å². The predicted octanol–water partition coefficient (Wildman–Crippen LogP) is 1.62. The Bertz CT molecular complexity index is 513. The molecule has 80 valence electrons. The summed E-state index contributed by atoms with van der Waals surface area (Å²) < 4.78 is 4.91. The number of halogens is 1. The standard InChI is InChI=1S/C10H11ClN2O2/c1-12-8(5-11)6-2-3-9-7(4-6)13-10(14)15-9/h2-4,8,12H,5H2,1H3,(H,13,14). The Morgan fingerprint density at radius 3 is 3.07 bits per heavy atom. The molecule has 1 heterocycles. The van der Waals surface area contributed by atoms with Crippen LogP contribution >= 0.6 is 11.6 Å². The Hall–Kier alpha value is -1.26. The van der Waals surface area contributed by atoms with E-state index in [9.17, 15) is 4.79 Å². The van der Waals surface area contributed by atoms with E-state index < -0.39 is 5.76 Å². The number of benzene rings is 1. The minimum atomic E-state index is -0.436. The SMILES string of the molecule is CNC(CCl)c1ccc2oc(=O)[nH]c2c1. The van der Waals surface area contributed by atoms with Crippen LogP contribution in [0.4, 0.5) is 0 Å². The summed E-state index contributed by atoms with van der Waals surface area (Å²) in [5.41, 5.74) is 2.29. The normalized spacial score (nSPS) is 13.2. The average molecular weight is 227 g/mol. The highest BCUT2D eigenvalue weighted by Gasteiger charge is 2.09. The van der Waals surface area contributed by atoms with Gasteiger partial charge in [0, 0.05) is 11.9 Å². The maximum atomic E-state index is 10.9. The lowest BCUT2D eigenvalue weighted by molar-refractivity contribution is 0.555. The fraction of sp³-hybridized carbons (Fsp3) is 0.300. The van der Waals surface area contributed by atoms with Gasteiger partial charge < -0.3 is 9.73 Å². The second kappa shape index (κ2) is 4.08. The Morgan fingerprint density at radius 2 is 2.40 bits per heavy atom. The summed E-state index contributed by atoms with van der Waals surface area (Å²) >= 11 is 5.80. The number of aromatic amines is 1. The molecular weight excluding hydrogens is 216 g/mol. The second-order valence-electron chi connectivity index (χ2n) is 3.27. The van der Waals surface area contributed by atoms with Gasteiger partial charge in [0.25, 0.3) is 0 Å². The first kappa shape index (κ1) is 10.3. The van der Waals surface area contributed by atoms with E-state index in [1.165, 1.54) is 0 Å². The van der Waals surface area contributed by atoms with Gasteiger partial charge in [-0.25, -0.2) is 4.79 Å². The zero-order chi connectivity index (χ0) is 10.8. The molecule has 2 N–H and O–H groups in total. The number of oxazole rings is 1. The van der Waals surface area contributed by atoms with Crippen LogP contribution in [0.15, 0.2) is 27.4 Å². The van der Waals surface area contributed by atoms with Crippen LogP contribution in [0, 0.1) is 0 Å². The van der Waals surface area contributed by atoms with E-state index >= 15 is 0 Å². The van der Waals surface area contributed by atoms with Gasteiger partial charge >= 0.3 is 5.76 Å². The van der Waals surface area contributed by atoms with Crippen LogP contribution < -0.4 is 11.1 Å². The van der Waals surface area contributed by atoms with Crippen molar-refractivity contribution in [2.24, 2.45) is 0 Å². The maximum absolute atomic E-state index is 10.9. The van der Waals surface area contributed by atoms with Gasteiger partial charge in [-0.05, 0) is 24.7 Å². The largest absolute Gasteiger partial charge is 0.417 e. The summed E-state index contributed by atoms with van der Waals surface area (Å²) in [5.74, 6) is 0.0402. The topological polar surface area (TPSA) is 58.0 Å². The molecule has 0 saturated heterocycles. The zero-order valence-electron chi connectivity index (χ0n) is 8.21. The highest BCUT2D eigenvalue weighted by atomic mass is 35.5. The minimum absolute atomic E-state index is 0.0782. The van der Waals surface area contributed by atoms with Crippen molar-refractivity contribution in [2.75, 3.05) is 12.9 Å². The average Bonchev–Trinajstić information content (AvgIpc) is 2.59. The Kier molecular flexibility index (Phi) is 2.79. The number of alkyl halides is 1. The molecule has 2 rings (SSSR count). The maximum Gasteiger partial charge on any atom is 0.417 e. The van der Waals surface area contributed by atoms with Crippen molar-refractivity contribution < 1.29 is 4.42 Å². The lowest BCUT2D eigenvalue weighted by Gasteiger charge is -2.12. The first-order chi connectivity index (χ1) is 7.24. The number of fused-ring (bicyclic) bond motifs is 1. The fourth-order valence-corrected chi connectivity index (χ4v) is 1.85. The van der Waals surface area contributed by atoms with E-state index in [-0.39, 0.29) is 6.04 Å². The Balaban J connectivity index is 2.49. The molecule has 1 atom stereocenters. The molecule has 2 aromatic rings. The summed E-state index contributed by atoms with van der Waals surface area (Å²) in [6, 6.07) is 5.60. The zero-order valence-corrected chi connectivity index (χ0v) is 8.97. The number of hydrogen-bond acceptors (Lipinski definition) is 3. The summed E-state index contributed by atoms with van der Waals surface area (Å²) in [7, 11) is 1.84. The van der Waals surface area contributed by atoms with Crippen molar-refractivity contribution in [3.8, 4) is 0 Å². The van der Waals surface area contributed by atoms with E-state index in [1.54, 1.807) is 6.07 Å². The van der Waals surface area contributed by atoms with Crippen LogP contribution in [-0.2, 0) is 0 Å². The molecule has 0 saturated carbocycles. The third-order valence-corrected chi connectivity index (χ3v) is 2.66. The van der Waals surface area contributed by atoms with Gasteiger partial charge in [-0.2, -0.15) is 0 Å². The lowest BCUT2D eigenvalue weighted by Crippen LogP contribution is -2.17. The number of nitrogens with one attached hydrogen (secondary N) is 2. The Labute approximate surface area is 91.2 Å². The quantitative estimate of drug-likeness (QED) is 0.782. The number of rotatable bonds is 3. The molecule has 0 spiro atoms. The predicted molar refractivity (Wildman–Crippen MR) is 59.4 cm³/mol. The summed E-state index contributed by atoms with van der Waals surface area (Å²) in [5, 5.41) is 3.08. The third-order valence-electron chi connectivity index (χ3n) is 2.35. The number of H-pyrrole nitrogens is 1. The van der Waals surface area contributed by atoms with Crippen LogP contribution in [0.25, 0.3) is 11.1 Å². The van der Waals surface area contributed by atoms with Crippen molar-refractivity contribution in [2.45, 2.75) is 6.04 Å². The lowest BCUT2D eigenvalue weighted by atomic mass is 10.1.